The number of nitriles is 1. The molecule has 0 spiro atoms. The molecule has 27 heavy (non-hydrogen) atoms. The van der Waals surface area contributed by atoms with Gasteiger partial charge < -0.3 is 5.73 Å². The van der Waals surface area contributed by atoms with Gasteiger partial charge in [-0.2, -0.15) is 5.26 Å². The molecule has 0 aromatic heterocycles. The molecule has 7 heteroatoms. The lowest BCUT2D eigenvalue weighted by molar-refractivity contribution is 1.49. The molecule has 2 aromatic carbocycles. The Morgan fingerprint density at radius 1 is 0.889 bits per heavy atom. The number of azide groups is 1. The summed E-state index contributed by atoms with van der Waals surface area (Å²) in [5.41, 5.74) is 16.0. The Morgan fingerprint density at radius 2 is 1.30 bits per heavy atom. The number of nitrogens with two attached hydrogens (primary N) is 1. The standard InChI is InChI=1S/C9H13N3Si.C9H15NSi.C2H3N/c1-13(2,3)9-7-5-4-6-8(9)11-12-10;1-11(2,3)9-7-5-4-6-8(9)10;1-2-3/h4-7H,1-3H3;4-7H,10H2,1-3H3;1H3. The van der Waals surface area contributed by atoms with Crippen LogP contribution >= 0.6 is 0 Å². The number of hydrogen-bond donors (Lipinski definition) is 1. The molecule has 0 saturated carbocycles. The summed E-state index contributed by atoms with van der Waals surface area (Å²) in [6.45, 7) is 15.0. The summed E-state index contributed by atoms with van der Waals surface area (Å²) in [6.07, 6.45) is 0. The summed E-state index contributed by atoms with van der Waals surface area (Å²) < 4.78 is 0. The van der Waals surface area contributed by atoms with Gasteiger partial charge in [-0.3, -0.25) is 0 Å². The van der Waals surface area contributed by atoms with E-state index in [1.807, 2.05) is 30.3 Å². The zero-order valence-corrected chi connectivity index (χ0v) is 19.5. The summed E-state index contributed by atoms with van der Waals surface area (Å²) >= 11 is 0. The molecule has 2 N–H and O–H groups in total. The predicted octanol–water partition coefficient (Wildman–Crippen LogP) is 5.52. The van der Waals surface area contributed by atoms with Crippen LogP contribution in [0.25, 0.3) is 10.4 Å². The van der Waals surface area contributed by atoms with Crippen molar-refractivity contribution in [3.8, 4) is 6.07 Å². The van der Waals surface area contributed by atoms with Crippen LogP contribution in [0.3, 0.4) is 0 Å². The van der Waals surface area contributed by atoms with Gasteiger partial charge in [-0.05, 0) is 16.8 Å². The van der Waals surface area contributed by atoms with Gasteiger partial charge in [0.1, 0.15) is 0 Å². The van der Waals surface area contributed by atoms with E-state index in [1.165, 1.54) is 17.3 Å². The number of hydrogen-bond acceptors (Lipinski definition) is 3. The molecule has 0 bridgehead atoms. The lowest BCUT2D eigenvalue weighted by Crippen LogP contribution is -2.39. The number of nitrogen functional groups attached to an aromatic ring is 1. The van der Waals surface area contributed by atoms with Crippen LogP contribution in [-0.2, 0) is 0 Å². The molecule has 0 aliphatic heterocycles. The van der Waals surface area contributed by atoms with Gasteiger partial charge in [0.15, 0.2) is 0 Å². The van der Waals surface area contributed by atoms with Crippen molar-refractivity contribution in [2.45, 2.75) is 46.2 Å². The first-order valence-corrected chi connectivity index (χ1v) is 15.8. The Hall–Kier alpha value is -2.53. The minimum absolute atomic E-state index is 0.782. The van der Waals surface area contributed by atoms with Crippen LogP contribution < -0.4 is 16.1 Å². The van der Waals surface area contributed by atoms with Gasteiger partial charge in [0.05, 0.1) is 22.2 Å². The molecule has 2 rings (SSSR count). The fraction of sp³-hybridized carbons (Fsp3) is 0.350. The summed E-state index contributed by atoms with van der Waals surface area (Å²) in [5.74, 6) is 0. The van der Waals surface area contributed by atoms with E-state index in [0.29, 0.717) is 0 Å². The van der Waals surface area contributed by atoms with E-state index in [-0.39, 0.29) is 0 Å². The highest BCUT2D eigenvalue weighted by Crippen LogP contribution is 2.14. The Labute approximate surface area is 165 Å². The number of benzene rings is 2. The maximum Gasteiger partial charge on any atom is 0.0802 e. The van der Waals surface area contributed by atoms with Crippen LogP contribution in [-0.4, -0.2) is 16.1 Å². The molecule has 0 aliphatic carbocycles. The topological polar surface area (TPSA) is 98.6 Å². The third-order valence-electron chi connectivity index (χ3n) is 3.63. The van der Waals surface area contributed by atoms with Crippen molar-refractivity contribution in [3.05, 3.63) is 59.0 Å². The van der Waals surface area contributed by atoms with Gasteiger partial charge in [0.2, 0.25) is 0 Å². The van der Waals surface area contributed by atoms with Gasteiger partial charge in [-0.1, -0.05) is 92.0 Å². The van der Waals surface area contributed by atoms with E-state index in [9.17, 15) is 0 Å². The van der Waals surface area contributed by atoms with Crippen molar-refractivity contribution < 1.29 is 0 Å². The van der Waals surface area contributed by atoms with Crippen molar-refractivity contribution in [3.63, 3.8) is 0 Å². The molecule has 5 nitrogen and oxygen atoms in total. The van der Waals surface area contributed by atoms with Crippen LogP contribution in [0.5, 0.6) is 0 Å². The molecule has 2 aromatic rings. The van der Waals surface area contributed by atoms with Gasteiger partial charge in [-0.25, -0.2) is 0 Å². The summed E-state index contributed by atoms with van der Waals surface area (Å²) in [7, 11) is -2.58. The van der Waals surface area contributed by atoms with Gasteiger partial charge in [0.25, 0.3) is 0 Å². The third kappa shape index (κ3) is 9.11. The first kappa shape index (κ1) is 24.5. The maximum absolute atomic E-state index is 8.38. The van der Waals surface area contributed by atoms with Crippen molar-refractivity contribution in [2.24, 2.45) is 5.11 Å². The number of para-hydroxylation sites is 1. The fourth-order valence-electron chi connectivity index (χ4n) is 2.42. The highest BCUT2D eigenvalue weighted by Gasteiger charge is 2.19. The Balaban J connectivity index is 0.000000442. The molecule has 0 saturated heterocycles. The number of anilines is 1. The van der Waals surface area contributed by atoms with E-state index >= 15 is 0 Å². The van der Waals surface area contributed by atoms with E-state index in [0.717, 1.165) is 11.4 Å². The number of nitrogens with zero attached hydrogens (tertiary/aromatic N) is 4. The van der Waals surface area contributed by atoms with Crippen LogP contribution in [0.2, 0.25) is 39.3 Å². The lowest BCUT2D eigenvalue weighted by atomic mass is 10.3. The minimum atomic E-state index is -1.38. The molecule has 0 radical (unpaired) electrons. The second kappa shape index (κ2) is 11.2. The van der Waals surface area contributed by atoms with Gasteiger partial charge in [-0.15, -0.1) is 0 Å². The van der Waals surface area contributed by atoms with E-state index in [1.54, 1.807) is 6.07 Å². The van der Waals surface area contributed by atoms with Crippen LogP contribution in [0.4, 0.5) is 11.4 Å². The highest BCUT2D eigenvalue weighted by atomic mass is 28.3. The average Bonchev–Trinajstić information content (AvgIpc) is 2.55. The Morgan fingerprint density at radius 3 is 1.67 bits per heavy atom. The van der Waals surface area contributed by atoms with Crippen molar-refractivity contribution >= 4 is 37.9 Å². The van der Waals surface area contributed by atoms with Crippen molar-refractivity contribution in [1.82, 2.24) is 0 Å². The Kier molecular flexibility index (Phi) is 10.2. The summed E-state index contributed by atoms with van der Waals surface area (Å²) in [4.78, 5) is 2.83. The molecule has 0 unspecified atom stereocenters. The largest absolute Gasteiger partial charge is 0.399 e. The first-order chi connectivity index (χ1) is 12.5. The maximum atomic E-state index is 8.38. The fourth-order valence-corrected chi connectivity index (χ4v) is 5.47. The molecular weight excluding hydrogens is 366 g/mol. The second-order valence-corrected chi connectivity index (χ2v) is 18.1. The van der Waals surface area contributed by atoms with Gasteiger partial charge in [0, 0.05) is 23.2 Å². The zero-order valence-electron chi connectivity index (χ0n) is 17.5. The van der Waals surface area contributed by atoms with Crippen molar-refractivity contribution in [2.75, 3.05) is 5.73 Å². The molecule has 0 aliphatic rings. The van der Waals surface area contributed by atoms with E-state index in [2.05, 4.69) is 67.5 Å². The van der Waals surface area contributed by atoms with Crippen LogP contribution in [0.1, 0.15) is 6.92 Å². The summed E-state index contributed by atoms with van der Waals surface area (Å²) in [5, 5.41) is 13.6. The zero-order chi connectivity index (χ0) is 21.1. The monoisotopic (exact) mass is 397 g/mol. The number of rotatable bonds is 3. The first-order valence-electron chi connectivity index (χ1n) is 8.79. The van der Waals surface area contributed by atoms with Crippen LogP contribution in [0, 0.1) is 11.3 Å². The molecule has 0 atom stereocenters. The van der Waals surface area contributed by atoms with Crippen LogP contribution in [0.15, 0.2) is 53.6 Å². The second-order valence-electron chi connectivity index (χ2n) is 8.02. The highest BCUT2D eigenvalue weighted by molar-refractivity contribution is 6.90. The normalized spacial score (nSPS) is 10.1. The quantitative estimate of drug-likeness (QED) is 0.242. The smallest absolute Gasteiger partial charge is 0.0802 e. The molecule has 0 heterocycles. The average molecular weight is 398 g/mol. The summed E-state index contributed by atoms with van der Waals surface area (Å²) in [6, 6.07) is 17.7. The Bertz CT molecular complexity index is 808. The molecule has 144 valence electrons. The third-order valence-corrected chi connectivity index (χ3v) is 7.74. The van der Waals surface area contributed by atoms with E-state index < -0.39 is 16.1 Å². The lowest BCUT2D eigenvalue weighted by Gasteiger charge is -2.18. The molecule has 0 amide bonds. The van der Waals surface area contributed by atoms with Crippen molar-refractivity contribution in [1.29, 1.82) is 5.26 Å². The molecular formula is C20H31N5Si2. The predicted molar refractivity (Wildman–Crippen MR) is 123 cm³/mol. The SMILES string of the molecule is CC#N.C[Si](C)(C)c1ccccc1N.C[Si](C)(C)c1ccccc1N=[N+]=[N-]. The van der Waals surface area contributed by atoms with Gasteiger partial charge >= 0.3 is 0 Å². The minimum Gasteiger partial charge on any atom is -0.399 e. The van der Waals surface area contributed by atoms with E-state index in [4.69, 9.17) is 16.5 Å². The molecule has 0 fully saturated rings.